The summed E-state index contributed by atoms with van der Waals surface area (Å²) in [6, 6.07) is 3.47. The van der Waals surface area contributed by atoms with E-state index in [0.29, 0.717) is 41.1 Å². The van der Waals surface area contributed by atoms with Gasteiger partial charge in [-0.15, -0.1) is 0 Å². The summed E-state index contributed by atoms with van der Waals surface area (Å²) in [5.74, 6) is 1.12. The third-order valence-electron chi connectivity index (χ3n) is 2.85. The molecule has 0 atom stereocenters. The Hall–Kier alpha value is -2.21. The molecule has 0 saturated heterocycles. The van der Waals surface area contributed by atoms with Crippen LogP contribution in [0.1, 0.15) is 10.5 Å². The summed E-state index contributed by atoms with van der Waals surface area (Å²) in [5.41, 5.74) is 0.975. The number of H-pyrrole nitrogens is 1. The van der Waals surface area contributed by atoms with E-state index < -0.39 is 5.97 Å². The maximum atomic E-state index is 11.4. The molecule has 20 heavy (non-hydrogen) atoms. The molecule has 0 unspecified atom stereocenters. The number of aromatic nitrogens is 2. The number of imidazole rings is 1. The lowest BCUT2D eigenvalue weighted by atomic mass is 10.2. The number of fused-ring (bicyclic) bond motifs is 1. The van der Waals surface area contributed by atoms with E-state index in [1.165, 1.54) is 13.3 Å². The Labute approximate surface area is 119 Å². The predicted molar refractivity (Wildman–Crippen MR) is 71.4 cm³/mol. The van der Waals surface area contributed by atoms with Crippen molar-refractivity contribution >= 4 is 17.6 Å². The molecule has 7 heteroatoms. The Balaban J connectivity index is 2.00. The number of methoxy groups -OCH3 is 1. The molecule has 1 aromatic carbocycles. The van der Waals surface area contributed by atoms with Gasteiger partial charge in [0.15, 0.2) is 11.5 Å². The standard InChI is InChI=1S/C13H11ClN2O4/c1-18-13(17)9-6-15-12(16-9)7-4-8(14)11-10(5-7)19-2-3-20-11/h4-6H,2-3H2,1H3,(H,15,16). The molecule has 0 saturated carbocycles. The monoisotopic (exact) mass is 294 g/mol. The van der Waals surface area contributed by atoms with Gasteiger partial charge in [0.05, 0.1) is 18.3 Å². The van der Waals surface area contributed by atoms with E-state index in [1.807, 2.05) is 0 Å². The first-order chi connectivity index (χ1) is 9.69. The smallest absolute Gasteiger partial charge is 0.356 e. The first kappa shape index (κ1) is 12.8. The van der Waals surface area contributed by atoms with Crippen LogP contribution in [-0.4, -0.2) is 36.3 Å². The Kier molecular flexibility index (Phi) is 3.23. The summed E-state index contributed by atoms with van der Waals surface area (Å²) in [6.45, 7) is 0.942. The second-order valence-electron chi connectivity index (χ2n) is 4.12. The molecule has 0 radical (unpaired) electrons. The van der Waals surface area contributed by atoms with Crippen molar-refractivity contribution in [2.75, 3.05) is 20.3 Å². The minimum Gasteiger partial charge on any atom is -0.486 e. The van der Waals surface area contributed by atoms with E-state index in [-0.39, 0.29) is 5.69 Å². The van der Waals surface area contributed by atoms with Crippen LogP contribution in [0, 0.1) is 0 Å². The molecule has 1 aliphatic heterocycles. The van der Waals surface area contributed by atoms with E-state index in [2.05, 4.69) is 14.7 Å². The molecule has 0 fully saturated rings. The molecule has 1 N–H and O–H groups in total. The molecule has 6 nitrogen and oxygen atoms in total. The molecular weight excluding hydrogens is 284 g/mol. The van der Waals surface area contributed by atoms with Crippen molar-refractivity contribution in [3.8, 4) is 22.9 Å². The number of halogens is 1. The van der Waals surface area contributed by atoms with E-state index in [9.17, 15) is 4.79 Å². The number of hydrogen-bond donors (Lipinski definition) is 1. The van der Waals surface area contributed by atoms with Crippen LogP contribution < -0.4 is 9.47 Å². The maximum Gasteiger partial charge on any atom is 0.356 e. The van der Waals surface area contributed by atoms with E-state index >= 15 is 0 Å². The summed E-state index contributed by atoms with van der Waals surface area (Å²) in [4.78, 5) is 18.4. The van der Waals surface area contributed by atoms with E-state index in [1.54, 1.807) is 12.1 Å². The van der Waals surface area contributed by atoms with Gasteiger partial charge >= 0.3 is 5.97 Å². The van der Waals surface area contributed by atoms with Crippen LogP contribution in [0.2, 0.25) is 5.02 Å². The van der Waals surface area contributed by atoms with Gasteiger partial charge in [-0.05, 0) is 12.1 Å². The minimum atomic E-state index is -0.479. The van der Waals surface area contributed by atoms with Gasteiger partial charge in [-0.25, -0.2) is 9.78 Å². The van der Waals surface area contributed by atoms with Crippen molar-refractivity contribution in [1.29, 1.82) is 0 Å². The maximum absolute atomic E-state index is 11.4. The highest BCUT2D eigenvalue weighted by Crippen LogP contribution is 2.40. The molecule has 1 aromatic heterocycles. The highest BCUT2D eigenvalue weighted by molar-refractivity contribution is 6.32. The Bertz CT molecular complexity index is 668. The van der Waals surface area contributed by atoms with Gasteiger partial charge in [-0.1, -0.05) is 11.6 Å². The zero-order valence-electron chi connectivity index (χ0n) is 10.6. The lowest BCUT2D eigenvalue weighted by Crippen LogP contribution is -2.15. The first-order valence-electron chi connectivity index (χ1n) is 5.92. The molecule has 104 valence electrons. The third-order valence-corrected chi connectivity index (χ3v) is 3.13. The fourth-order valence-electron chi connectivity index (χ4n) is 1.93. The molecule has 1 aliphatic rings. The lowest BCUT2D eigenvalue weighted by Gasteiger charge is -2.19. The van der Waals surface area contributed by atoms with Gasteiger partial charge in [-0.3, -0.25) is 0 Å². The molecule has 0 aliphatic carbocycles. The third kappa shape index (κ3) is 2.18. The quantitative estimate of drug-likeness (QED) is 0.860. The number of carbonyl (C=O) groups is 1. The number of ether oxygens (including phenoxy) is 3. The predicted octanol–water partition coefficient (Wildman–Crippen LogP) is 2.29. The van der Waals surface area contributed by atoms with Gasteiger partial charge in [-0.2, -0.15) is 0 Å². The van der Waals surface area contributed by atoms with Crippen LogP contribution in [0.5, 0.6) is 11.5 Å². The molecule has 0 bridgehead atoms. The van der Waals surface area contributed by atoms with E-state index in [0.717, 1.165) is 0 Å². The summed E-state index contributed by atoms with van der Waals surface area (Å²) >= 11 is 6.16. The minimum absolute atomic E-state index is 0.272. The van der Waals surface area contributed by atoms with Gasteiger partial charge < -0.3 is 19.2 Å². The number of esters is 1. The van der Waals surface area contributed by atoms with Crippen molar-refractivity contribution < 1.29 is 19.0 Å². The average Bonchev–Trinajstić information content (AvgIpc) is 2.96. The Morgan fingerprint density at radius 2 is 2.20 bits per heavy atom. The summed E-state index contributed by atoms with van der Waals surface area (Å²) in [5, 5.41) is 0.438. The fraction of sp³-hybridized carbons (Fsp3) is 0.231. The van der Waals surface area contributed by atoms with Crippen molar-refractivity contribution in [2.24, 2.45) is 0 Å². The highest BCUT2D eigenvalue weighted by Gasteiger charge is 2.19. The number of rotatable bonds is 2. The molecule has 3 rings (SSSR count). The van der Waals surface area contributed by atoms with Crippen molar-refractivity contribution in [3.05, 3.63) is 29.0 Å². The van der Waals surface area contributed by atoms with Crippen LogP contribution in [0.4, 0.5) is 0 Å². The van der Waals surface area contributed by atoms with Gasteiger partial charge in [0.25, 0.3) is 0 Å². The van der Waals surface area contributed by atoms with Gasteiger partial charge in [0.2, 0.25) is 0 Å². The first-order valence-corrected chi connectivity index (χ1v) is 6.29. The summed E-state index contributed by atoms with van der Waals surface area (Å²) < 4.78 is 15.6. The molecule has 2 heterocycles. The number of hydrogen-bond acceptors (Lipinski definition) is 5. The number of benzene rings is 1. The molecular formula is C13H11ClN2O4. The van der Waals surface area contributed by atoms with Gasteiger partial charge in [0, 0.05) is 5.56 Å². The SMILES string of the molecule is COC(=O)c1cnc(-c2cc(Cl)c3c(c2)OCCO3)[nH]1. The fourth-order valence-corrected chi connectivity index (χ4v) is 2.19. The number of carbonyl (C=O) groups excluding carboxylic acids is 1. The van der Waals surface area contributed by atoms with Crippen molar-refractivity contribution in [3.63, 3.8) is 0 Å². The van der Waals surface area contributed by atoms with Crippen LogP contribution in [-0.2, 0) is 4.74 Å². The van der Waals surface area contributed by atoms with Crippen molar-refractivity contribution in [2.45, 2.75) is 0 Å². The zero-order chi connectivity index (χ0) is 14.1. The number of aromatic amines is 1. The average molecular weight is 295 g/mol. The second-order valence-corrected chi connectivity index (χ2v) is 4.53. The van der Waals surface area contributed by atoms with Gasteiger partial charge in [0.1, 0.15) is 24.7 Å². The molecule has 0 spiro atoms. The summed E-state index contributed by atoms with van der Waals surface area (Å²) in [6.07, 6.45) is 1.41. The molecule has 0 amide bonds. The van der Waals surface area contributed by atoms with Crippen molar-refractivity contribution in [1.82, 2.24) is 9.97 Å². The number of nitrogens with one attached hydrogen (secondary N) is 1. The Morgan fingerprint density at radius 3 is 3.00 bits per heavy atom. The number of nitrogens with zero attached hydrogens (tertiary/aromatic N) is 1. The normalized spacial score (nSPS) is 13.1. The largest absolute Gasteiger partial charge is 0.486 e. The molecule has 2 aromatic rings. The topological polar surface area (TPSA) is 73.4 Å². The Morgan fingerprint density at radius 1 is 1.40 bits per heavy atom. The zero-order valence-corrected chi connectivity index (χ0v) is 11.4. The van der Waals surface area contributed by atoms with Crippen LogP contribution in [0.25, 0.3) is 11.4 Å². The lowest BCUT2D eigenvalue weighted by molar-refractivity contribution is 0.0595. The summed E-state index contributed by atoms with van der Waals surface area (Å²) in [7, 11) is 1.31. The van der Waals surface area contributed by atoms with Crippen LogP contribution in [0.3, 0.4) is 0 Å². The van der Waals surface area contributed by atoms with Crippen LogP contribution in [0.15, 0.2) is 18.3 Å². The van der Waals surface area contributed by atoms with Crippen LogP contribution >= 0.6 is 11.6 Å². The van der Waals surface area contributed by atoms with E-state index in [4.69, 9.17) is 21.1 Å². The second kappa shape index (κ2) is 5.05. The highest BCUT2D eigenvalue weighted by atomic mass is 35.5.